The maximum atomic E-state index is 12.4. The smallest absolute Gasteiger partial charge is 0.335 e. The monoisotopic (exact) mass is 1440 g/mol. The van der Waals surface area contributed by atoms with Gasteiger partial charge in [0.25, 0.3) is 5.91 Å². The lowest BCUT2D eigenvalue weighted by Crippen LogP contribution is -2.30. The van der Waals surface area contributed by atoms with Crippen molar-refractivity contribution in [1.29, 1.82) is 0 Å². The number of thiazole rings is 4. The van der Waals surface area contributed by atoms with Crippen molar-refractivity contribution >= 4 is 106 Å². The van der Waals surface area contributed by atoms with E-state index in [1.54, 1.807) is 18.3 Å². The molecule has 6 aromatic carbocycles. The van der Waals surface area contributed by atoms with E-state index in [2.05, 4.69) is 76.4 Å². The molecule has 0 radical (unpaired) electrons. The summed E-state index contributed by atoms with van der Waals surface area (Å²) in [4.78, 5) is 85.1. The van der Waals surface area contributed by atoms with E-state index in [9.17, 15) is 45.6 Å². The normalized spacial score (nSPS) is 10.8. The lowest BCUT2D eigenvalue weighted by atomic mass is 10.1. The van der Waals surface area contributed by atoms with Gasteiger partial charge in [-0.1, -0.05) is 123 Å². The molecule has 4 aromatic heterocycles. The van der Waals surface area contributed by atoms with Crippen LogP contribution in [0.4, 0.5) is 5.13 Å². The van der Waals surface area contributed by atoms with Crippen molar-refractivity contribution in [2.24, 2.45) is 5.73 Å². The van der Waals surface area contributed by atoms with Crippen LogP contribution < -0.4 is 16.8 Å². The van der Waals surface area contributed by atoms with Gasteiger partial charge in [0.1, 0.15) is 20.8 Å². The molecular formula is C71H79N9O12S6. The first-order valence-corrected chi connectivity index (χ1v) is 36.7. The molecule has 27 heteroatoms. The van der Waals surface area contributed by atoms with Gasteiger partial charge in [-0.3, -0.25) is 24.0 Å². The number of aromatic nitrogens is 4. The minimum Gasteiger partial charge on any atom is -0.481 e. The molecule has 0 aliphatic carbocycles. The van der Waals surface area contributed by atoms with E-state index in [0.717, 1.165) is 75.3 Å². The highest BCUT2D eigenvalue weighted by atomic mass is 32.2. The van der Waals surface area contributed by atoms with Crippen molar-refractivity contribution in [2.45, 2.75) is 83.4 Å². The van der Waals surface area contributed by atoms with E-state index >= 15 is 0 Å². The van der Waals surface area contributed by atoms with Gasteiger partial charge in [0, 0.05) is 90.4 Å². The fraction of sp³-hybridized carbons (Fsp3) is 0.239. The Kier molecular flexibility index (Phi) is 31.4. The van der Waals surface area contributed by atoms with Crippen LogP contribution in [0.25, 0.3) is 45.0 Å². The van der Waals surface area contributed by atoms with Gasteiger partial charge in [0.15, 0.2) is 16.7 Å². The Labute approximate surface area is 588 Å². The summed E-state index contributed by atoms with van der Waals surface area (Å²) in [6.07, 6.45) is 1.73. The first kappa shape index (κ1) is 79.5. The molecule has 0 saturated carbocycles. The van der Waals surface area contributed by atoms with E-state index in [-0.39, 0.29) is 64.2 Å². The molecule has 0 aliphatic rings. The number of carbonyl (C=O) groups excluding carboxylic acids is 4. The molecule has 0 bridgehead atoms. The summed E-state index contributed by atoms with van der Waals surface area (Å²) >= 11 is 5.95. The number of aliphatic carboxylic acids is 1. The zero-order chi connectivity index (χ0) is 72.3. The second-order valence-corrected chi connectivity index (χ2v) is 29.8. The van der Waals surface area contributed by atoms with E-state index in [1.165, 1.54) is 121 Å². The maximum absolute atomic E-state index is 12.4. The topological polar surface area (TPSA) is 333 Å². The number of hydrogen-bond acceptors (Lipinski definition) is 20. The Hall–Kier alpha value is -9.16. The first-order valence-electron chi connectivity index (χ1n) is 30.3. The van der Waals surface area contributed by atoms with Gasteiger partial charge < -0.3 is 27.0 Å². The van der Waals surface area contributed by atoms with Crippen molar-refractivity contribution in [3.63, 3.8) is 0 Å². The SMILES string of the molecule is CCC(=O)Cc1nc(-c2ccccc2C)cs1.CCC(=O)O.CN(C)S(=O)(=O)c1cccc(C(=O)O)c1.Cc1ccccc1-c1csc(CC(=O)CN)n1.Cc1ccccc1-c1csc(CC(=O)CNC(=O)c2cccc(S(=O)(=O)N(C)C)c2)n1.Cc1ccccc1-c1csc(N)n1. The third kappa shape index (κ3) is 24.4. The molecule has 0 aliphatic heterocycles. The van der Waals surface area contributed by atoms with E-state index < -0.39 is 37.9 Å². The van der Waals surface area contributed by atoms with Crippen LogP contribution in [0, 0.1) is 27.7 Å². The number of nitrogens with two attached hydrogens (primary N) is 2. The maximum Gasteiger partial charge on any atom is 0.335 e. The fourth-order valence-electron chi connectivity index (χ4n) is 8.46. The van der Waals surface area contributed by atoms with Crippen LogP contribution in [0.3, 0.4) is 0 Å². The molecule has 10 rings (SSSR count). The van der Waals surface area contributed by atoms with Gasteiger partial charge in [-0.2, -0.15) is 0 Å². The van der Waals surface area contributed by atoms with Crippen LogP contribution in [0.2, 0.25) is 0 Å². The van der Waals surface area contributed by atoms with Gasteiger partial charge in [-0.05, 0) is 86.3 Å². The van der Waals surface area contributed by atoms with E-state index in [0.29, 0.717) is 29.4 Å². The minimum atomic E-state index is -3.65. The summed E-state index contributed by atoms with van der Waals surface area (Å²) in [6, 6.07) is 43.3. The Morgan fingerprint density at radius 3 is 1.12 bits per heavy atom. The second kappa shape index (κ2) is 38.7. The summed E-state index contributed by atoms with van der Waals surface area (Å²) in [5.41, 5.74) is 23.9. The molecule has 0 unspecified atom stereocenters. The number of sulfonamides is 2. The molecule has 10 aromatic rings. The molecule has 0 spiro atoms. The van der Waals surface area contributed by atoms with Crippen molar-refractivity contribution < 1.29 is 55.8 Å². The van der Waals surface area contributed by atoms with Gasteiger partial charge in [-0.25, -0.2) is 50.2 Å². The molecule has 0 atom stereocenters. The number of anilines is 1. The van der Waals surface area contributed by atoms with Gasteiger partial charge in [0.05, 0.1) is 70.5 Å². The predicted molar refractivity (Wildman–Crippen MR) is 391 cm³/mol. The highest BCUT2D eigenvalue weighted by molar-refractivity contribution is 7.89. The number of rotatable bonds is 21. The van der Waals surface area contributed by atoms with Crippen molar-refractivity contribution in [3.8, 4) is 45.0 Å². The number of nitrogen functional groups attached to an aromatic ring is 1. The number of carbonyl (C=O) groups is 6. The number of carboxylic acid groups (broad SMARTS) is 2. The highest BCUT2D eigenvalue weighted by Gasteiger charge is 2.21. The standard InChI is InChI=1S/C22H23N3O4S2.C14H15NOS.C13H14N2OS.C10H10N2S.C9H11NO4S.C3H6O2/c1-15-7-4-5-10-19(15)20-14-30-21(24-20)12-17(26)13-23-22(27)16-8-6-9-18(11-16)31(28,29)25(2)3;1-3-11(16)8-14-15-13(9-17-14)12-7-5-4-6-10(12)2;1-9-4-2-3-5-11(9)12-8-17-13(15-12)6-10(16)7-14;1-7-4-2-3-5-8(7)9-6-13-10(11)12-9;1-10(2)15(13,14)8-5-3-4-7(6-8)9(11)12;1-2-3(4)5/h4-11,14H,12-13H2,1-3H3,(H,23,27);4-7,9H,3,8H2,1-2H3;2-5,8H,6-7,14H2,1H3;2-6H,1H3,(H2,11,12);3-6H,1-2H3,(H,11,12);2H2,1H3,(H,4,5). The van der Waals surface area contributed by atoms with Crippen LogP contribution in [0.15, 0.2) is 177 Å². The summed E-state index contributed by atoms with van der Waals surface area (Å²) in [6.45, 7) is 11.6. The third-order valence-electron chi connectivity index (χ3n) is 14.0. The zero-order valence-electron chi connectivity index (χ0n) is 55.9. The molecule has 7 N–H and O–H groups in total. The number of Topliss-reactive ketones (excluding diaryl/α,β-unsaturated/α-hetero) is 3. The molecule has 21 nitrogen and oxygen atoms in total. The predicted octanol–water partition coefficient (Wildman–Crippen LogP) is 12.6. The highest BCUT2D eigenvalue weighted by Crippen LogP contribution is 2.29. The number of nitrogens with zero attached hydrogens (tertiary/aromatic N) is 6. The third-order valence-corrected chi connectivity index (χ3v) is 20.9. The van der Waals surface area contributed by atoms with Gasteiger partial charge in [0.2, 0.25) is 20.0 Å². The second-order valence-electron chi connectivity index (χ2n) is 21.8. The van der Waals surface area contributed by atoms with Crippen LogP contribution in [-0.2, 0) is 58.5 Å². The Morgan fingerprint density at radius 2 is 0.796 bits per heavy atom. The number of aromatic carboxylic acids is 1. The molecule has 1 amide bonds. The molecule has 0 fully saturated rings. The van der Waals surface area contributed by atoms with E-state index in [1.807, 2.05) is 102 Å². The van der Waals surface area contributed by atoms with Crippen LogP contribution in [-0.4, -0.2) is 132 Å². The Morgan fingerprint density at radius 1 is 0.459 bits per heavy atom. The van der Waals surface area contributed by atoms with Crippen LogP contribution in [0.1, 0.15) is 84.7 Å². The minimum absolute atomic E-state index is 0.0167. The van der Waals surface area contributed by atoms with Crippen LogP contribution >= 0.6 is 45.3 Å². The molecule has 0 saturated heterocycles. The van der Waals surface area contributed by atoms with Crippen molar-refractivity contribution in [2.75, 3.05) is 47.0 Å². The Balaban J connectivity index is 0.000000225. The quantitative estimate of drug-likeness (QED) is 0.0446. The molecule has 98 heavy (non-hydrogen) atoms. The number of nitrogens with one attached hydrogen (secondary N) is 1. The van der Waals surface area contributed by atoms with Gasteiger partial charge >= 0.3 is 11.9 Å². The van der Waals surface area contributed by atoms with Crippen molar-refractivity contribution in [1.82, 2.24) is 33.9 Å². The number of carboxylic acids is 2. The summed E-state index contributed by atoms with van der Waals surface area (Å²) in [7, 11) is -1.59. The summed E-state index contributed by atoms with van der Waals surface area (Å²) < 4.78 is 49.9. The van der Waals surface area contributed by atoms with Gasteiger partial charge in [-0.15, -0.1) is 45.3 Å². The fourth-order valence-corrected chi connectivity index (χ4v) is 13.4. The average Bonchev–Trinajstić information content (AvgIpc) is 1.38. The number of amides is 1. The van der Waals surface area contributed by atoms with Crippen molar-refractivity contribution in [3.05, 3.63) is 216 Å². The lowest BCUT2D eigenvalue weighted by Gasteiger charge is -2.12. The largest absolute Gasteiger partial charge is 0.481 e. The Bertz CT molecular complexity index is 4480. The lowest BCUT2D eigenvalue weighted by molar-refractivity contribution is -0.136. The summed E-state index contributed by atoms with van der Waals surface area (Å²) in [5, 5.41) is 29.9. The molecule has 516 valence electrons. The number of benzene rings is 6. The average molecular weight is 1440 g/mol. The zero-order valence-corrected chi connectivity index (χ0v) is 60.8. The first-order chi connectivity index (χ1) is 46.5. The number of hydrogen-bond donors (Lipinski definition) is 5. The number of aryl methyl sites for hydroxylation is 4. The van der Waals surface area contributed by atoms with E-state index in [4.69, 9.17) is 21.7 Å². The number of ketones is 3. The summed E-state index contributed by atoms with van der Waals surface area (Å²) in [5.74, 6) is -2.32. The van der Waals surface area contributed by atoms with Crippen LogP contribution in [0.5, 0.6) is 0 Å². The molecule has 4 heterocycles. The molecular weight excluding hydrogens is 1360 g/mol.